The molecule has 1 amide bonds. The zero-order chi connectivity index (χ0) is 12.4. The summed E-state index contributed by atoms with van der Waals surface area (Å²) in [6.07, 6.45) is 1.53. The van der Waals surface area contributed by atoms with E-state index in [0.29, 0.717) is 18.7 Å². The predicted molar refractivity (Wildman–Crippen MR) is 63.0 cm³/mol. The number of aromatic carboxylic acids is 1. The Kier molecular flexibility index (Phi) is 2.99. The highest BCUT2D eigenvalue weighted by atomic mass is 16.4. The Morgan fingerprint density at radius 2 is 2.06 bits per heavy atom. The zero-order valence-electron chi connectivity index (χ0n) is 9.30. The number of carbonyl (C=O) groups is 2. The molecule has 5 heteroatoms. The van der Waals surface area contributed by atoms with Crippen LogP contribution in [0.5, 0.6) is 0 Å². The minimum absolute atomic E-state index is 0.209. The van der Waals surface area contributed by atoms with Crippen molar-refractivity contribution in [3.8, 4) is 0 Å². The summed E-state index contributed by atoms with van der Waals surface area (Å²) in [6.45, 7) is 0.665. The van der Waals surface area contributed by atoms with Gasteiger partial charge in [0.15, 0.2) is 0 Å². The molecule has 1 aromatic carbocycles. The molecule has 17 heavy (non-hydrogen) atoms. The Bertz CT molecular complexity index is 459. The topological polar surface area (TPSA) is 83.6 Å². The fourth-order valence-corrected chi connectivity index (χ4v) is 2.26. The predicted octanol–water partition coefficient (Wildman–Crippen LogP) is 0.839. The molecule has 0 aliphatic carbocycles. The fourth-order valence-electron chi connectivity index (χ4n) is 2.26. The second kappa shape index (κ2) is 4.45. The van der Waals surface area contributed by atoms with Gasteiger partial charge in [0.25, 0.3) is 0 Å². The summed E-state index contributed by atoms with van der Waals surface area (Å²) in [4.78, 5) is 24.2. The second-order valence-corrected chi connectivity index (χ2v) is 4.08. The molecule has 0 saturated carbocycles. The third-order valence-electron chi connectivity index (χ3n) is 3.03. The maximum absolute atomic E-state index is 11.3. The van der Waals surface area contributed by atoms with Crippen molar-refractivity contribution in [3.05, 3.63) is 29.8 Å². The monoisotopic (exact) mass is 234 g/mol. The fraction of sp³-hybridized carbons (Fsp3) is 0.333. The molecule has 1 aliphatic heterocycles. The number of rotatable bonds is 3. The van der Waals surface area contributed by atoms with Crippen LogP contribution in [0.2, 0.25) is 0 Å². The van der Waals surface area contributed by atoms with Crippen LogP contribution < -0.4 is 10.6 Å². The van der Waals surface area contributed by atoms with Gasteiger partial charge in [0.05, 0.1) is 11.3 Å². The van der Waals surface area contributed by atoms with E-state index in [0.717, 1.165) is 6.42 Å². The third-order valence-corrected chi connectivity index (χ3v) is 3.03. The van der Waals surface area contributed by atoms with Gasteiger partial charge in [-0.3, -0.25) is 4.79 Å². The van der Waals surface area contributed by atoms with Crippen molar-refractivity contribution >= 4 is 17.6 Å². The minimum Gasteiger partial charge on any atom is -0.478 e. The maximum atomic E-state index is 11.3. The van der Waals surface area contributed by atoms with Gasteiger partial charge >= 0.3 is 5.97 Å². The Hall–Kier alpha value is -2.04. The van der Waals surface area contributed by atoms with E-state index in [4.69, 9.17) is 10.8 Å². The molecule has 1 fully saturated rings. The molecule has 1 aliphatic rings. The van der Waals surface area contributed by atoms with Crippen molar-refractivity contribution in [3.63, 3.8) is 0 Å². The van der Waals surface area contributed by atoms with Crippen LogP contribution in [0.15, 0.2) is 24.3 Å². The van der Waals surface area contributed by atoms with Crippen LogP contribution in [0.1, 0.15) is 23.2 Å². The van der Waals surface area contributed by atoms with E-state index in [1.54, 1.807) is 23.1 Å². The summed E-state index contributed by atoms with van der Waals surface area (Å²) in [5, 5.41) is 9.11. The first-order valence-corrected chi connectivity index (χ1v) is 5.49. The van der Waals surface area contributed by atoms with E-state index in [2.05, 4.69) is 0 Å². The highest BCUT2D eigenvalue weighted by Gasteiger charge is 2.31. The number of primary amides is 1. The Labute approximate surface area is 98.8 Å². The average molecular weight is 234 g/mol. The number of carboxylic acid groups (broad SMARTS) is 1. The number of anilines is 1. The minimum atomic E-state index is -0.990. The number of carbonyl (C=O) groups excluding carboxylic acids is 1. The molecule has 2 rings (SSSR count). The van der Waals surface area contributed by atoms with E-state index >= 15 is 0 Å². The van der Waals surface area contributed by atoms with Crippen molar-refractivity contribution < 1.29 is 14.7 Å². The van der Waals surface area contributed by atoms with Gasteiger partial charge in [-0.15, -0.1) is 0 Å². The summed E-state index contributed by atoms with van der Waals surface area (Å²) >= 11 is 0. The number of nitrogens with two attached hydrogens (primary N) is 1. The standard InChI is InChI=1S/C12H14N2O3/c13-11(15)10-6-3-7-14(10)9-5-2-1-4-8(9)12(16)17/h1-2,4-5,10H,3,6-7H2,(H2,13,15)(H,16,17). The number of nitrogens with zero attached hydrogens (tertiary/aromatic N) is 1. The number of carboxylic acids is 1. The summed E-state index contributed by atoms with van der Waals surface area (Å²) in [5.41, 5.74) is 6.10. The average Bonchev–Trinajstić information content (AvgIpc) is 2.77. The molecule has 1 unspecified atom stereocenters. The van der Waals surface area contributed by atoms with Crippen LogP contribution in [0.4, 0.5) is 5.69 Å². The Morgan fingerprint density at radius 3 is 2.71 bits per heavy atom. The van der Waals surface area contributed by atoms with Gasteiger partial charge in [0, 0.05) is 6.54 Å². The van der Waals surface area contributed by atoms with Crippen LogP contribution in [-0.2, 0) is 4.79 Å². The smallest absolute Gasteiger partial charge is 0.337 e. The highest BCUT2D eigenvalue weighted by molar-refractivity contribution is 5.96. The number of hydrogen-bond acceptors (Lipinski definition) is 3. The molecular weight excluding hydrogens is 220 g/mol. The molecule has 0 spiro atoms. The molecule has 0 bridgehead atoms. The number of benzene rings is 1. The van der Waals surface area contributed by atoms with Gasteiger partial charge in [-0.1, -0.05) is 12.1 Å². The molecule has 0 aromatic heterocycles. The first kappa shape index (κ1) is 11.4. The van der Waals surface area contributed by atoms with Crippen molar-refractivity contribution in [2.24, 2.45) is 5.73 Å². The van der Waals surface area contributed by atoms with Gasteiger partial charge in [-0.25, -0.2) is 4.79 Å². The molecule has 3 N–H and O–H groups in total. The van der Waals surface area contributed by atoms with E-state index in [9.17, 15) is 9.59 Å². The summed E-state index contributed by atoms with van der Waals surface area (Å²) in [6, 6.07) is 6.29. The van der Waals surface area contributed by atoms with Crippen molar-refractivity contribution in [1.29, 1.82) is 0 Å². The maximum Gasteiger partial charge on any atom is 0.337 e. The van der Waals surface area contributed by atoms with Gasteiger partial charge in [0.2, 0.25) is 5.91 Å². The summed E-state index contributed by atoms with van der Waals surface area (Å²) in [7, 11) is 0. The summed E-state index contributed by atoms with van der Waals surface area (Å²) < 4.78 is 0. The van der Waals surface area contributed by atoms with Gasteiger partial charge in [-0.2, -0.15) is 0 Å². The second-order valence-electron chi connectivity index (χ2n) is 4.08. The third kappa shape index (κ3) is 2.08. The summed E-state index contributed by atoms with van der Waals surface area (Å²) in [5.74, 6) is -1.39. The molecule has 5 nitrogen and oxygen atoms in total. The van der Waals surface area contributed by atoms with Crippen LogP contribution >= 0.6 is 0 Å². The van der Waals surface area contributed by atoms with Crippen LogP contribution in [0, 0.1) is 0 Å². The Balaban J connectivity index is 2.39. The zero-order valence-corrected chi connectivity index (χ0v) is 9.30. The first-order chi connectivity index (χ1) is 8.11. The van der Waals surface area contributed by atoms with Crippen LogP contribution in [0.3, 0.4) is 0 Å². The van der Waals surface area contributed by atoms with Crippen LogP contribution in [0.25, 0.3) is 0 Å². The lowest BCUT2D eigenvalue weighted by molar-refractivity contribution is -0.119. The molecule has 90 valence electrons. The van der Waals surface area contributed by atoms with E-state index in [-0.39, 0.29) is 5.56 Å². The first-order valence-electron chi connectivity index (χ1n) is 5.49. The molecule has 1 aromatic rings. The highest BCUT2D eigenvalue weighted by Crippen LogP contribution is 2.28. The number of amides is 1. The Morgan fingerprint density at radius 1 is 1.35 bits per heavy atom. The molecule has 1 heterocycles. The van der Waals surface area contributed by atoms with Gasteiger partial charge < -0.3 is 15.7 Å². The molecule has 1 saturated heterocycles. The van der Waals surface area contributed by atoms with Gasteiger partial charge in [0.1, 0.15) is 6.04 Å². The SMILES string of the molecule is NC(=O)C1CCCN1c1ccccc1C(=O)O. The molecule has 0 radical (unpaired) electrons. The largest absolute Gasteiger partial charge is 0.478 e. The number of para-hydroxylation sites is 1. The quantitative estimate of drug-likeness (QED) is 0.811. The lowest BCUT2D eigenvalue weighted by Gasteiger charge is -2.25. The van der Waals surface area contributed by atoms with Crippen molar-refractivity contribution in [1.82, 2.24) is 0 Å². The normalized spacial score (nSPS) is 19.3. The van der Waals surface area contributed by atoms with Crippen molar-refractivity contribution in [2.75, 3.05) is 11.4 Å². The van der Waals surface area contributed by atoms with Crippen molar-refractivity contribution in [2.45, 2.75) is 18.9 Å². The van der Waals surface area contributed by atoms with E-state index in [1.807, 2.05) is 0 Å². The van der Waals surface area contributed by atoms with Crippen LogP contribution in [-0.4, -0.2) is 29.6 Å². The molecule has 1 atom stereocenters. The molecular formula is C12H14N2O3. The van der Waals surface area contributed by atoms with E-state index in [1.165, 1.54) is 6.07 Å². The van der Waals surface area contributed by atoms with E-state index < -0.39 is 17.9 Å². The lowest BCUT2D eigenvalue weighted by atomic mass is 10.1. The lowest BCUT2D eigenvalue weighted by Crippen LogP contribution is -2.40. The number of hydrogen-bond donors (Lipinski definition) is 2. The van der Waals surface area contributed by atoms with Gasteiger partial charge in [-0.05, 0) is 25.0 Å².